The minimum Gasteiger partial charge on any atom is -0.490 e. The average Bonchev–Trinajstić information content (AvgIpc) is 2.35. The molecule has 0 bridgehead atoms. The van der Waals surface area contributed by atoms with Crippen LogP contribution >= 0.6 is 0 Å². The molecule has 1 aromatic rings. The lowest BCUT2D eigenvalue weighted by Gasteiger charge is -2.20. The van der Waals surface area contributed by atoms with Gasteiger partial charge in [-0.1, -0.05) is 12.7 Å². The third-order valence-electron chi connectivity index (χ3n) is 2.29. The quantitative estimate of drug-likeness (QED) is 0.775. The third kappa shape index (κ3) is 6.62. The van der Waals surface area contributed by atoms with E-state index >= 15 is 0 Å². The second-order valence-electron chi connectivity index (χ2n) is 5.28. The summed E-state index contributed by atoms with van der Waals surface area (Å²) in [6.45, 7) is 10.4. The number of carbonyl (C=O) groups is 1. The van der Waals surface area contributed by atoms with E-state index in [9.17, 15) is 4.79 Å². The van der Waals surface area contributed by atoms with Gasteiger partial charge in [-0.3, -0.25) is 4.79 Å². The molecule has 0 saturated carbocycles. The molecule has 4 nitrogen and oxygen atoms in total. The number of benzene rings is 1. The van der Waals surface area contributed by atoms with Crippen LogP contribution in [0.15, 0.2) is 36.9 Å². The summed E-state index contributed by atoms with van der Waals surface area (Å²) in [7, 11) is 0. The van der Waals surface area contributed by atoms with Crippen LogP contribution in [0.5, 0.6) is 5.75 Å². The van der Waals surface area contributed by atoms with Crippen molar-refractivity contribution >= 4 is 11.6 Å². The van der Waals surface area contributed by atoms with E-state index in [1.807, 2.05) is 45.0 Å². The molecule has 0 radical (unpaired) electrons. The zero-order chi connectivity index (χ0) is 14.3. The molecule has 104 valence electrons. The van der Waals surface area contributed by atoms with Gasteiger partial charge in [0.2, 0.25) is 5.91 Å². The molecule has 0 aromatic heterocycles. The highest BCUT2D eigenvalue weighted by Crippen LogP contribution is 2.15. The molecule has 1 rings (SSSR count). The largest absolute Gasteiger partial charge is 0.490 e. The first-order valence-corrected chi connectivity index (χ1v) is 6.29. The number of rotatable bonds is 6. The summed E-state index contributed by atoms with van der Waals surface area (Å²) in [6.07, 6.45) is 1.69. The second-order valence-corrected chi connectivity index (χ2v) is 5.28. The van der Waals surface area contributed by atoms with E-state index in [2.05, 4.69) is 17.2 Å². The highest BCUT2D eigenvalue weighted by molar-refractivity contribution is 5.92. The van der Waals surface area contributed by atoms with Gasteiger partial charge >= 0.3 is 0 Å². The number of nitrogens with one attached hydrogen (secondary N) is 2. The first-order valence-electron chi connectivity index (χ1n) is 6.29. The van der Waals surface area contributed by atoms with Crippen LogP contribution in [0, 0.1) is 0 Å². The van der Waals surface area contributed by atoms with Crippen molar-refractivity contribution in [3.05, 3.63) is 36.9 Å². The van der Waals surface area contributed by atoms with Gasteiger partial charge in [-0.05, 0) is 45.0 Å². The zero-order valence-electron chi connectivity index (χ0n) is 11.8. The van der Waals surface area contributed by atoms with E-state index in [1.54, 1.807) is 6.08 Å². The van der Waals surface area contributed by atoms with Crippen LogP contribution in [-0.4, -0.2) is 24.6 Å². The smallest absolute Gasteiger partial charge is 0.238 e. The summed E-state index contributed by atoms with van der Waals surface area (Å²) in [5, 5.41) is 5.95. The molecule has 0 aliphatic heterocycles. The van der Waals surface area contributed by atoms with Gasteiger partial charge in [0.05, 0.1) is 6.54 Å². The lowest BCUT2D eigenvalue weighted by atomic mass is 10.1. The Balaban J connectivity index is 2.44. The number of hydrogen-bond acceptors (Lipinski definition) is 3. The number of carbonyl (C=O) groups excluding carboxylic acids is 1. The summed E-state index contributed by atoms with van der Waals surface area (Å²) < 4.78 is 5.36. The molecule has 0 heterocycles. The molecular formula is C15H22N2O2. The van der Waals surface area contributed by atoms with Gasteiger partial charge in [0, 0.05) is 11.2 Å². The van der Waals surface area contributed by atoms with E-state index in [0.717, 1.165) is 11.4 Å². The molecular weight excluding hydrogens is 240 g/mol. The maximum Gasteiger partial charge on any atom is 0.238 e. The highest BCUT2D eigenvalue weighted by Gasteiger charge is 2.11. The molecule has 2 N–H and O–H groups in total. The first kappa shape index (κ1) is 15.2. The first-order chi connectivity index (χ1) is 8.90. The van der Waals surface area contributed by atoms with Gasteiger partial charge < -0.3 is 15.4 Å². The molecule has 0 saturated heterocycles. The maximum absolute atomic E-state index is 11.7. The average molecular weight is 262 g/mol. The minimum atomic E-state index is -0.0697. The molecule has 19 heavy (non-hydrogen) atoms. The Kier molecular flexibility index (Phi) is 5.57. The Labute approximate surface area is 114 Å². The molecule has 0 aliphatic rings. The second kappa shape index (κ2) is 6.95. The Morgan fingerprint density at radius 2 is 1.95 bits per heavy atom. The summed E-state index contributed by atoms with van der Waals surface area (Å²) >= 11 is 0. The predicted octanol–water partition coefficient (Wildman–Crippen LogP) is 2.58. The van der Waals surface area contributed by atoms with Crippen LogP contribution in [0.3, 0.4) is 0 Å². The SMILES string of the molecule is C=CCOc1ccc(NC(=O)CNC(C)(C)C)cc1. The fourth-order valence-electron chi connectivity index (χ4n) is 1.34. The summed E-state index contributed by atoms with van der Waals surface area (Å²) in [6, 6.07) is 7.26. The molecule has 0 aliphatic carbocycles. The minimum absolute atomic E-state index is 0.0605. The Morgan fingerprint density at radius 1 is 1.32 bits per heavy atom. The van der Waals surface area contributed by atoms with Crippen LogP contribution in [0.4, 0.5) is 5.69 Å². The van der Waals surface area contributed by atoms with Gasteiger partial charge in [-0.15, -0.1) is 0 Å². The zero-order valence-corrected chi connectivity index (χ0v) is 11.8. The topological polar surface area (TPSA) is 50.4 Å². The van der Waals surface area contributed by atoms with Crippen LogP contribution in [-0.2, 0) is 4.79 Å². The van der Waals surface area contributed by atoms with Gasteiger partial charge in [0.25, 0.3) is 0 Å². The van der Waals surface area contributed by atoms with Crippen LogP contribution in [0.25, 0.3) is 0 Å². The fourth-order valence-corrected chi connectivity index (χ4v) is 1.34. The van der Waals surface area contributed by atoms with Crippen molar-refractivity contribution in [2.24, 2.45) is 0 Å². The third-order valence-corrected chi connectivity index (χ3v) is 2.29. The maximum atomic E-state index is 11.7. The summed E-state index contributed by atoms with van der Waals surface area (Å²) in [4.78, 5) is 11.7. The molecule has 1 amide bonds. The summed E-state index contributed by atoms with van der Waals surface area (Å²) in [5.41, 5.74) is 0.686. The molecule has 0 spiro atoms. The van der Waals surface area contributed by atoms with Crippen molar-refractivity contribution < 1.29 is 9.53 Å². The van der Waals surface area contributed by atoms with E-state index in [0.29, 0.717) is 6.61 Å². The Bertz CT molecular complexity index is 419. The van der Waals surface area contributed by atoms with Crippen molar-refractivity contribution in [2.45, 2.75) is 26.3 Å². The van der Waals surface area contributed by atoms with Crippen LogP contribution in [0.2, 0.25) is 0 Å². The normalized spacial score (nSPS) is 10.9. The molecule has 4 heteroatoms. The highest BCUT2D eigenvalue weighted by atomic mass is 16.5. The van der Waals surface area contributed by atoms with Crippen LogP contribution < -0.4 is 15.4 Å². The Hall–Kier alpha value is -1.81. The fraction of sp³-hybridized carbons (Fsp3) is 0.400. The molecule has 1 aromatic carbocycles. The van der Waals surface area contributed by atoms with Gasteiger partial charge in [-0.2, -0.15) is 0 Å². The lowest BCUT2D eigenvalue weighted by molar-refractivity contribution is -0.115. The van der Waals surface area contributed by atoms with E-state index in [4.69, 9.17) is 4.74 Å². The monoisotopic (exact) mass is 262 g/mol. The molecule has 0 unspecified atom stereocenters. The molecule has 0 fully saturated rings. The summed E-state index contributed by atoms with van der Waals surface area (Å²) in [5.74, 6) is 0.695. The predicted molar refractivity (Wildman–Crippen MR) is 78.5 cm³/mol. The number of anilines is 1. The van der Waals surface area contributed by atoms with Crippen molar-refractivity contribution in [1.82, 2.24) is 5.32 Å². The van der Waals surface area contributed by atoms with Gasteiger partial charge in [0.1, 0.15) is 12.4 Å². The van der Waals surface area contributed by atoms with Crippen molar-refractivity contribution in [3.8, 4) is 5.75 Å². The van der Waals surface area contributed by atoms with Crippen molar-refractivity contribution in [2.75, 3.05) is 18.5 Å². The Morgan fingerprint density at radius 3 is 2.47 bits per heavy atom. The lowest BCUT2D eigenvalue weighted by Crippen LogP contribution is -2.41. The van der Waals surface area contributed by atoms with Crippen LogP contribution in [0.1, 0.15) is 20.8 Å². The van der Waals surface area contributed by atoms with Crippen molar-refractivity contribution in [1.29, 1.82) is 0 Å². The molecule has 0 atom stereocenters. The van der Waals surface area contributed by atoms with Gasteiger partial charge in [0.15, 0.2) is 0 Å². The van der Waals surface area contributed by atoms with E-state index < -0.39 is 0 Å². The number of amides is 1. The standard InChI is InChI=1S/C15H22N2O2/c1-5-10-19-13-8-6-12(7-9-13)17-14(18)11-16-15(2,3)4/h5-9,16H,1,10-11H2,2-4H3,(H,17,18). The number of hydrogen-bond donors (Lipinski definition) is 2. The van der Waals surface area contributed by atoms with E-state index in [-0.39, 0.29) is 18.0 Å². The van der Waals surface area contributed by atoms with Crippen molar-refractivity contribution in [3.63, 3.8) is 0 Å². The number of ether oxygens (including phenoxy) is 1. The van der Waals surface area contributed by atoms with E-state index in [1.165, 1.54) is 0 Å². The van der Waals surface area contributed by atoms with Gasteiger partial charge in [-0.25, -0.2) is 0 Å².